The van der Waals surface area contributed by atoms with E-state index in [0.717, 1.165) is 17.5 Å². The molecule has 1 heterocycles. The van der Waals surface area contributed by atoms with Crippen LogP contribution in [0.15, 0.2) is 30.6 Å². The molecule has 2 aromatic rings. The highest BCUT2D eigenvalue weighted by atomic mass is 35.5. The van der Waals surface area contributed by atoms with Crippen molar-refractivity contribution in [1.82, 2.24) is 9.78 Å². The molecule has 2 nitrogen and oxygen atoms in total. The second-order valence-electron chi connectivity index (χ2n) is 4.09. The number of halogens is 2. The van der Waals surface area contributed by atoms with E-state index in [-0.39, 0.29) is 11.9 Å². The molecule has 1 aromatic heterocycles. The molecule has 90 valence electrons. The van der Waals surface area contributed by atoms with E-state index >= 15 is 0 Å². The summed E-state index contributed by atoms with van der Waals surface area (Å²) in [5.74, 6) is -0.272. The van der Waals surface area contributed by atoms with Gasteiger partial charge in [-0.05, 0) is 42.7 Å². The average Bonchev–Trinajstić information content (AvgIpc) is 2.71. The molecule has 0 saturated heterocycles. The van der Waals surface area contributed by atoms with Crippen LogP contribution in [0.4, 0.5) is 4.39 Å². The zero-order valence-electron chi connectivity index (χ0n) is 9.82. The van der Waals surface area contributed by atoms with E-state index in [1.807, 2.05) is 24.7 Å². The lowest BCUT2D eigenvalue weighted by atomic mass is 10.0. The largest absolute Gasteiger partial charge is 0.265 e. The Labute approximate surface area is 105 Å². The van der Waals surface area contributed by atoms with Gasteiger partial charge in [0, 0.05) is 11.2 Å². The van der Waals surface area contributed by atoms with Crippen LogP contribution >= 0.6 is 11.6 Å². The summed E-state index contributed by atoms with van der Waals surface area (Å²) in [5, 5.41) is 4.85. The highest BCUT2D eigenvalue weighted by Crippen LogP contribution is 2.28. The topological polar surface area (TPSA) is 17.8 Å². The summed E-state index contributed by atoms with van der Waals surface area (Å²) in [4.78, 5) is 0. The Morgan fingerprint density at radius 2 is 2.24 bits per heavy atom. The minimum Gasteiger partial charge on any atom is -0.265 e. The maximum absolute atomic E-state index is 13.3. The van der Waals surface area contributed by atoms with E-state index in [0.29, 0.717) is 5.02 Å². The second-order valence-corrected chi connectivity index (χ2v) is 4.49. The van der Waals surface area contributed by atoms with Gasteiger partial charge in [0.2, 0.25) is 0 Å². The first kappa shape index (κ1) is 12.1. The van der Waals surface area contributed by atoms with E-state index in [1.54, 1.807) is 12.3 Å². The number of nitrogens with zero attached hydrogens (tertiary/aromatic N) is 2. The molecule has 0 spiro atoms. The van der Waals surface area contributed by atoms with Crippen molar-refractivity contribution in [3.05, 3.63) is 52.6 Å². The summed E-state index contributed by atoms with van der Waals surface area (Å²) < 4.78 is 15.1. The molecule has 0 aliphatic heterocycles. The molecule has 0 aliphatic rings. The molecule has 0 aliphatic carbocycles. The van der Waals surface area contributed by atoms with Gasteiger partial charge in [-0.15, -0.1) is 0 Å². The molecular weight excluding hydrogens is 239 g/mol. The van der Waals surface area contributed by atoms with Crippen LogP contribution < -0.4 is 0 Å². The predicted octanol–water partition coefficient (Wildman–Crippen LogP) is 3.98. The summed E-state index contributed by atoms with van der Waals surface area (Å²) >= 11 is 6.12. The fourth-order valence-corrected chi connectivity index (χ4v) is 2.17. The first-order valence-electron chi connectivity index (χ1n) is 5.57. The van der Waals surface area contributed by atoms with Gasteiger partial charge in [-0.2, -0.15) is 5.10 Å². The van der Waals surface area contributed by atoms with E-state index in [9.17, 15) is 4.39 Å². The molecule has 0 fully saturated rings. The van der Waals surface area contributed by atoms with Gasteiger partial charge < -0.3 is 0 Å². The highest BCUT2D eigenvalue weighted by Gasteiger charge is 2.16. The van der Waals surface area contributed by atoms with E-state index in [1.165, 1.54) is 12.1 Å². The summed E-state index contributed by atoms with van der Waals surface area (Å²) in [6.45, 7) is 4.01. The van der Waals surface area contributed by atoms with Crippen molar-refractivity contribution in [2.45, 2.75) is 26.3 Å². The Balaban J connectivity index is 2.45. The molecule has 17 heavy (non-hydrogen) atoms. The molecule has 0 saturated carbocycles. The SMILES string of the molecule is CC[C@H](c1cc(F)ccc1Cl)n1cc(C)cn1. The lowest BCUT2D eigenvalue weighted by Crippen LogP contribution is -2.11. The van der Waals surface area contributed by atoms with Gasteiger partial charge in [0.05, 0.1) is 12.2 Å². The number of hydrogen-bond donors (Lipinski definition) is 0. The van der Waals surface area contributed by atoms with Crippen molar-refractivity contribution in [3.8, 4) is 0 Å². The maximum Gasteiger partial charge on any atom is 0.123 e. The number of hydrogen-bond acceptors (Lipinski definition) is 1. The third-order valence-electron chi connectivity index (χ3n) is 2.75. The molecule has 0 bridgehead atoms. The molecule has 0 amide bonds. The molecule has 1 atom stereocenters. The van der Waals surface area contributed by atoms with E-state index in [2.05, 4.69) is 5.10 Å². The molecule has 0 unspecified atom stereocenters. The Hall–Kier alpha value is -1.35. The number of rotatable bonds is 3. The standard InChI is InChI=1S/C13H14ClFN2/c1-3-13(17-8-9(2)7-16-17)11-6-10(15)4-5-12(11)14/h4-8,13H,3H2,1-2H3/t13-/m1/s1. The molecular formula is C13H14ClFN2. The monoisotopic (exact) mass is 252 g/mol. The zero-order valence-corrected chi connectivity index (χ0v) is 10.6. The fraction of sp³-hybridized carbons (Fsp3) is 0.308. The number of aryl methyl sites for hydroxylation is 1. The molecule has 0 radical (unpaired) electrons. The zero-order chi connectivity index (χ0) is 12.4. The van der Waals surface area contributed by atoms with Crippen molar-refractivity contribution in [2.24, 2.45) is 0 Å². The number of aromatic nitrogens is 2. The van der Waals surface area contributed by atoms with Crippen molar-refractivity contribution < 1.29 is 4.39 Å². The lowest BCUT2D eigenvalue weighted by Gasteiger charge is -2.17. The first-order valence-corrected chi connectivity index (χ1v) is 5.95. The van der Waals surface area contributed by atoms with Crippen LogP contribution in [-0.4, -0.2) is 9.78 Å². The molecule has 2 rings (SSSR count). The van der Waals surface area contributed by atoms with Gasteiger partial charge in [-0.3, -0.25) is 4.68 Å². The van der Waals surface area contributed by atoms with Crippen LogP contribution in [0.25, 0.3) is 0 Å². The Kier molecular flexibility index (Phi) is 3.48. The Morgan fingerprint density at radius 1 is 1.47 bits per heavy atom. The van der Waals surface area contributed by atoms with Crippen LogP contribution in [0.2, 0.25) is 5.02 Å². The van der Waals surface area contributed by atoms with Gasteiger partial charge in [0.25, 0.3) is 0 Å². The van der Waals surface area contributed by atoms with Gasteiger partial charge in [0.1, 0.15) is 5.82 Å². The van der Waals surface area contributed by atoms with Gasteiger partial charge >= 0.3 is 0 Å². The van der Waals surface area contributed by atoms with E-state index in [4.69, 9.17) is 11.6 Å². The Morgan fingerprint density at radius 3 is 2.82 bits per heavy atom. The molecule has 1 aromatic carbocycles. The smallest absolute Gasteiger partial charge is 0.123 e. The molecule has 0 N–H and O–H groups in total. The quantitative estimate of drug-likeness (QED) is 0.808. The predicted molar refractivity (Wildman–Crippen MR) is 66.8 cm³/mol. The van der Waals surface area contributed by atoms with Crippen LogP contribution in [0.3, 0.4) is 0 Å². The third kappa shape index (κ3) is 2.50. The summed E-state index contributed by atoms with van der Waals surface area (Å²) in [5.41, 5.74) is 1.85. The van der Waals surface area contributed by atoms with Gasteiger partial charge in [0.15, 0.2) is 0 Å². The molecule has 4 heteroatoms. The third-order valence-corrected chi connectivity index (χ3v) is 3.10. The van der Waals surface area contributed by atoms with E-state index < -0.39 is 0 Å². The number of benzene rings is 1. The average molecular weight is 253 g/mol. The highest BCUT2D eigenvalue weighted by molar-refractivity contribution is 6.31. The van der Waals surface area contributed by atoms with Gasteiger partial charge in [-0.25, -0.2) is 4.39 Å². The van der Waals surface area contributed by atoms with Crippen molar-refractivity contribution in [3.63, 3.8) is 0 Å². The van der Waals surface area contributed by atoms with Gasteiger partial charge in [-0.1, -0.05) is 18.5 Å². The first-order chi connectivity index (χ1) is 8.11. The summed E-state index contributed by atoms with van der Waals surface area (Å²) in [7, 11) is 0. The summed E-state index contributed by atoms with van der Waals surface area (Å²) in [6.07, 6.45) is 4.54. The van der Waals surface area contributed by atoms with Crippen LogP contribution in [-0.2, 0) is 0 Å². The van der Waals surface area contributed by atoms with Crippen molar-refractivity contribution >= 4 is 11.6 Å². The Bertz CT molecular complexity index is 522. The van der Waals surface area contributed by atoms with Crippen LogP contribution in [0.5, 0.6) is 0 Å². The van der Waals surface area contributed by atoms with Crippen molar-refractivity contribution in [2.75, 3.05) is 0 Å². The second kappa shape index (κ2) is 4.88. The minimum absolute atomic E-state index is 0.0214. The van der Waals surface area contributed by atoms with Crippen LogP contribution in [0.1, 0.15) is 30.5 Å². The fourth-order valence-electron chi connectivity index (χ4n) is 1.92. The summed E-state index contributed by atoms with van der Waals surface area (Å²) in [6, 6.07) is 4.41. The normalized spacial score (nSPS) is 12.7. The van der Waals surface area contributed by atoms with Crippen molar-refractivity contribution in [1.29, 1.82) is 0 Å². The lowest BCUT2D eigenvalue weighted by molar-refractivity contribution is 0.505. The van der Waals surface area contributed by atoms with Crippen LogP contribution in [0, 0.1) is 12.7 Å². The maximum atomic E-state index is 13.3. The minimum atomic E-state index is -0.272.